The summed E-state index contributed by atoms with van der Waals surface area (Å²) in [5, 5.41) is 8.95. The number of aromatic carboxylic acids is 1. The van der Waals surface area contributed by atoms with Gasteiger partial charge in [-0.15, -0.1) is 0 Å². The normalized spacial score (nSPS) is 21.4. The van der Waals surface area contributed by atoms with Crippen LogP contribution in [0.3, 0.4) is 0 Å². The van der Waals surface area contributed by atoms with Crippen molar-refractivity contribution in [2.45, 2.75) is 25.7 Å². The molecular formula is C12H17N3O2. The van der Waals surface area contributed by atoms with E-state index in [0.717, 1.165) is 37.3 Å². The van der Waals surface area contributed by atoms with E-state index >= 15 is 0 Å². The number of piperidine rings is 1. The van der Waals surface area contributed by atoms with Gasteiger partial charge in [0.1, 0.15) is 0 Å². The van der Waals surface area contributed by atoms with Crippen molar-refractivity contribution < 1.29 is 9.90 Å². The fourth-order valence-electron chi connectivity index (χ4n) is 2.31. The lowest BCUT2D eigenvalue weighted by Crippen LogP contribution is -2.31. The second kappa shape index (κ2) is 4.79. The van der Waals surface area contributed by atoms with E-state index in [1.54, 1.807) is 0 Å². The molecule has 1 atom stereocenters. The Morgan fingerprint density at radius 3 is 2.94 bits per heavy atom. The lowest BCUT2D eigenvalue weighted by molar-refractivity contribution is 0.0682. The summed E-state index contributed by atoms with van der Waals surface area (Å²) in [6, 6.07) is 1.90. The van der Waals surface area contributed by atoms with Crippen molar-refractivity contribution in [1.29, 1.82) is 0 Å². The Bertz CT molecular complexity index is 434. The zero-order valence-corrected chi connectivity index (χ0v) is 10.2. The number of carboxylic acids is 1. The number of likely N-dealkylation sites (tertiary alicyclic amines) is 1. The average Bonchev–Trinajstić information content (AvgIpc) is 2.28. The van der Waals surface area contributed by atoms with Crippen LogP contribution in [0.2, 0.25) is 0 Å². The summed E-state index contributed by atoms with van der Waals surface area (Å²) < 4.78 is 0. The molecule has 17 heavy (non-hydrogen) atoms. The molecular weight excluding hydrogens is 218 g/mol. The highest BCUT2D eigenvalue weighted by Crippen LogP contribution is 2.25. The van der Waals surface area contributed by atoms with Gasteiger partial charge in [0.25, 0.3) is 0 Å². The molecule has 92 valence electrons. The topological polar surface area (TPSA) is 66.3 Å². The van der Waals surface area contributed by atoms with E-state index in [-0.39, 0.29) is 5.82 Å². The van der Waals surface area contributed by atoms with Gasteiger partial charge < -0.3 is 10.0 Å². The molecule has 1 fully saturated rings. The second-order valence-electron chi connectivity index (χ2n) is 4.66. The van der Waals surface area contributed by atoms with Gasteiger partial charge in [0.05, 0.1) is 0 Å². The van der Waals surface area contributed by atoms with Crippen molar-refractivity contribution in [2.75, 3.05) is 20.1 Å². The number of nitrogens with zero attached hydrogens (tertiary/aromatic N) is 3. The number of carbonyl (C=O) groups is 1. The van der Waals surface area contributed by atoms with E-state index in [1.807, 2.05) is 13.0 Å². The fraction of sp³-hybridized carbons (Fsp3) is 0.583. The van der Waals surface area contributed by atoms with E-state index in [1.165, 1.54) is 0 Å². The molecule has 2 heterocycles. The Kier molecular flexibility index (Phi) is 3.38. The third kappa shape index (κ3) is 2.79. The molecule has 0 saturated carbocycles. The number of rotatable bonds is 2. The SMILES string of the molecule is Cc1cc(C2CCCN(C)C2)nc(C(=O)O)n1. The summed E-state index contributed by atoms with van der Waals surface area (Å²) >= 11 is 0. The molecule has 1 N–H and O–H groups in total. The van der Waals surface area contributed by atoms with Gasteiger partial charge in [0.15, 0.2) is 0 Å². The highest BCUT2D eigenvalue weighted by atomic mass is 16.4. The predicted octanol–water partition coefficient (Wildman–Crippen LogP) is 1.29. The van der Waals surface area contributed by atoms with Crippen LogP contribution in [0.25, 0.3) is 0 Å². The number of likely N-dealkylation sites (N-methyl/N-ethyl adjacent to an activating group) is 1. The van der Waals surface area contributed by atoms with Crippen LogP contribution in [0.1, 0.15) is 40.8 Å². The fourth-order valence-corrected chi connectivity index (χ4v) is 2.31. The number of carboxylic acid groups (broad SMARTS) is 1. The highest BCUT2D eigenvalue weighted by molar-refractivity contribution is 5.83. The van der Waals surface area contributed by atoms with Gasteiger partial charge in [-0.2, -0.15) is 0 Å². The van der Waals surface area contributed by atoms with E-state index in [2.05, 4.69) is 21.9 Å². The van der Waals surface area contributed by atoms with E-state index in [4.69, 9.17) is 5.11 Å². The molecule has 0 spiro atoms. The molecule has 1 aromatic heterocycles. The first kappa shape index (κ1) is 12.0. The van der Waals surface area contributed by atoms with E-state index < -0.39 is 5.97 Å². The molecule has 0 radical (unpaired) electrons. The maximum Gasteiger partial charge on any atom is 0.373 e. The van der Waals surface area contributed by atoms with Gasteiger partial charge in [0, 0.05) is 23.9 Å². The zero-order valence-electron chi connectivity index (χ0n) is 10.2. The minimum atomic E-state index is -1.06. The summed E-state index contributed by atoms with van der Waals surface area (Å²) in [5.74, 6) is -0.819. The van der Waals surface area contributed by atoms with Crippen molar-refractivity contribution >= 4 is 5.97 Å². The van der Waals surface area contributed by atoms with Crippen molar-refractivity contribution in [1.82, 2.24) is 14.9 Å². The third-order valence-corrected chi connectivity index (χ3v) is 3.11. The maximum absolute atomic E-state index is 10.9. The summed E-state index contributed by atoms with van der Waals surface area (Å²) in [6.07, 6.45) is 2.20. The number of hydrogen-bond donors (Lipinski definition) is 1. The van der Waals surface area contributed by atoms with Crippen LogP contribution in [0.4, 0.5) is 0 Å². The van der Waals surface area contributed by atoms with Crippen LogP contribution in [-0.2, 0) is 0 Å². The first-order valence-electron chi connectivity index (χ1n) is 5.83. The molecule has 0 amide bonds. The molecule has 2 rings (SSSR count). The minimum absolute atomic E-state index is 0.0896. The quantitative estimate of drug-likeness (QED) is 0.836. The zero-order chi connectivity index (χ0) is 12.4. The highest BCUT2D eigenvalue weighted by Gasteiger charge is 2.21. The third-order valence-electron chi connectivity index (χ3n) is 3.11. The molecule has 5 heteroatoms. The molecule has 1 aromatic rings. The van der Waals surface area contributed by atoms with E-state index in [9.17, 15) is 4.79 Å². The van der Waals surface area contributed by atoms with Crippen molar-refractivity contribution in [3.05, 3.63) is 23.3 Å². The van der Waals surface area contributed by atoms with Crippen LogP contribution < -0.4 is 0 Å². The number of aromatic nitrogens is 2. The van der Waals surface area contributed by atoms with Gasteiger partial charge in [-0.3, -0.25) is 0 Å². The predicted molar refractivity (Wildman–Crippen MR) is 63.2 cm³/mol. The number of hydrogen-bond acceptors (Lipinski definition) is 4. The van der Waals surface area contributed by atoms with Crippen LogP contribution in [0.15, 0.2) is 6.07 Å². The Morgan fingerprint density at radius 1 is 1.53 bits per heavy atom. The first-order valence-corrected chi connectivity index (χ1v) is 5.83. The van der Waals surface area contributed by atoms with Crippen molar-refractivity contribution in [3.8, 4) is 0 Å². The van der Waals surface area contributed by atoms with E-state index in [0.29, 0.717) is 5.92 Å². The Balaban J connectivity index is 2.28. The Morgan fingerprint density at radius 2 is 2.29 bits per heavy atom. The van der Waals surface area contributed by atoms with Gasteiger partial charge in [-0.05, 0) is 39.4 Å². The molecule has 0 bridgehead atoms. The van der Waals surface area contributed by atoms with Gasteiger partial charge in [0.2, 0.25) is 5.82 Å². The molecule has 1 aliphatic rings. The molecule has 0 aromatic carbocycles. The summed E-state index contributed by atoms with van der Waals surface area (Å²) in [7, 11) is 2.08. The lowest BCUT2D eigenvalue weighted by atomic mass is 9.94. The summed E-state index contributed by atoms with van der Waals surface area (Å²) in [5.41, 5.74) is 1.59. The van der Waals surface area contributed by atoms with Gasteiger partial charge >= 0.3 is 5.97 Å². The molecule has 1 saturated heterocycles. The Labute approximate surface area is 100 Å². The lowest BCUT2D eigenvalue weighted by Gasteiger charge is -2.29. The second-order valence-corrected chi connectivity index (χ2v) is 4.66. The smallest absolute Gasteiger partial charge is 0.373 e. The molecule has 1 aliphatic heterocycles. The minimum Gasteiger partial charge on any atom is -0.475 e. The van der Waals surface area contributed by atoms with Crippen LogP contribution in [0, 0.1) is 6.92 Å². The molecule has 0 aliphatic carbocycles. The Hall–Kier alpha value is -1.49. The van der Waals surface area contributed by atoms with Crippen molar-refractivity contribution in [2.24, 2.45) is 0 Å². The van der Waals surface area contributed by atoms with Gasteiger partial charge in [-0.25, -0.2) is 14.8 Å². The standard InChI is InChI=1S/C12H17N3O2/c1-8-6-10(14-11(13-8)12(16)17)9-4-3-5-15(2)7-9/h6,9H,3-5,7H2,1-2H3,(H,16,17). The van der Waals surface area contributed by atoms with Gasteiger partial charge in [-0.1, -0.05) is 0 Å². The van der Waals surface area contributed by atoms with Crippen LogP contribution in [0.5, 0.6) is 0 Å². The molecule has 5 nitrogen and oxygen atoms in total. The summed E-state index contributed by atoms with van der Waals surface area (Å²) in [4.78, 5) is 21.2. The average molecular weight is 235 g/mol. The molecule has 1 unspecified atom stereocenters. The van der Waals surface area contributed by atoms with Crippen LogP contribution >= 0.6 is 0 Å². The van der Waals surface area contributed by atoms with Crippen molar-refractivity contribution in [3.63, 3.8) is 0 Å². The largest absolute Gasteiger partial charge is 0.475 e. The monoisotopic (exact) mass is 235 g/mol. The summed E-state index contributed by atoms with van der Waals surface area (Å²) in [6.45, 7) is 3.85. The first-order chi connectivity index (χ1) is 8.06. The number of aryl methyl sites for hydroxylation is 1. The maximum atomic E-state index is 10.9. The van der Waals surface area contributed by atoms with Crippen LogP contribution in [-0.4, -0.2) is 46.1 Å².